The maximum Gasteiger partial charge on any atom is 0.114 e. The zero-order valence-electron chi connectivity index (χ0n) is 14.6. The molecular weight excluding hydrogens is 334 g/mol. The number of ether oxygens (including phenoxy) is 1. The number of rotatable bonds is 5. The minimum absolute atomic E-state index is 0.0641. The van der Waals surface area contributed by atoms with E-state index in [2.05, 4.69) is 20.6 Å². The van der Waals surface area contributed by atoms with Crippen LogP contribution in [-0.2, 0) is 11.3 Å². The van der Waals surface area contributed by atoms with Gasteiger partial charge in [-0.05, 0) is 31.4 Å². The first-order valence-corrected chi connectivity index (χ1v) is 9.21. The molecule has 0 radical (unpaired) electrons. The second-order valence-electron chi connectivity index (χ2n) is 7.20. The van der Waals surface area contributed by atoms with Gasteiger partial charge in [-0.15, -0.1) is 5.10 Å². The standard InChI is InChI=1S/C18H25N5O3/c24-17-13(8-15(18(17)25)20-14-3-6-26-7-4-14)10-23-11-16(21-22-23)12-2-1-5-19-9-12/h1-2,5,9,11,13-15,17-18,20,24-25H,3-4,6-8,10H2/t13-,15-,17-,18+/m1/s1. The van der Waals surface area contributed by atoms with Gasteiger partial charge in [0.25, 0.3) is 0 Å². The van der Waals surface area contributed by atoms with Crippen molar-refractivity contribution in [3.63, 3.8) is 0 Å². The molecule has 0 bridgehead atoms. The summed E-state index contributed by atoms with van der Waals surface area (Å²) >= 11 is 0. The van der Waals surface area contributed by atoms with Crippen LogP contribution in [0.3, 0.4) is 0 Å². The van der Waals surface area contributed by atoms with E-state index in [1.54, 1.807) is 17.1 Å². The van der Waals surface area contributed by atoms with Gasteiger partial charge in [-0.3, -0.25) is 9.67 Å². The van der Waals surface area contributed by atoms with Crippen LogP contribution in [0.5, 0.6) is 0 Å². The van der Waals surface area contributed by atoms with Crippen molar-refractivity contribution in [1.82, 2.24) is 25.3 Å². The summed E-state index contributed by atoms with van der Waals surface area (Å²) < 4.78 is 7.11. The molecule has 2 aromatic heterocycles. The predicted octanol–water partition coefficient (Wildman–Crippen LogP) is 0.219. The van der Waals surface area contributed by atoms with Crippen LogP contribution in [0.1, 0.15) is 19.3 Å². The Morgan fingerprint density at radius 3 is 2.85 bits per heavy atom. The van der Waals surface area contributed by atoms with Crippen molar-refractivity contribution in [2.24, 2.45) is 5.92 Å². The molecule has 3 heterocycles. The van der Waals surface area contributed by atoms with E-state index in [-0.39, 0.29) is 12.0 Å². The monoisotopic (exact) mass is 359 g/mol. The molecule has 2 aromatic rings. The Hall–Kier alpha value is -1.87. The third kappa shape index (κ3) is 3.78. The number of hydrogen-bond donors (Lipinski definition) is 3. The fraction of sp³-hybridized carbons (Fsp3) is 0.611. The second-order valence-corrected chi connectivity index (χ2v) is 7.20. The van der Waals surface area contributed by atoms with Crippen LogP contribution in [0.25, 0.3) is 11.3 Å². The molecule has 0 unspecified atom stereocenters. The Bertz CT molecular complexity index is 704. The molecular formula is C18H25N5O3. The Labute approximate surface area is 152 Å². The fourth-order valence-corrected chi connectivity index (χ4v) is 3.91. The molecule has 2 fully saturated rings. The van der Waals surface area contributed by atoms with E-state index < -0.39 is 12.2 Å². The van der Waals surface area contributed by atoms with Crippen LogP contribution in [0.2, 0.25) is 0 Å². The highest BCUT2D eigenvalue weighted by molar-refractivity contribution is 5.55. The van der Waals surface area contributed by atoms with Gasteiger partial charge in [0.1, 0.15) is 5.69 Å². The average Bonchev–Trinajstić information content (AvgIpc) is 3.25. The topological polar surface area (TPSA) is 105 Å². The van der Waals surface area contributed by atoms with E-state index in [1.807, 2.05) is 18.3 Å². The minimum atomic E-state index is -0.765. The van der Waals surface area contributed by atoms with Gasteiger partial charge in [-0.1, -0.05) is 5.21 Å². The third-order valence-electron chi connectivity index (χ3n) is 5.39. The SMILES string of the molecule is O[C@@H]1[C@@H](Cn2cc(-c3cccnc3)nn2)C[C@@H](NC2CCOCC2)[C@@H]1O. The van der Waals surface area contributed by atoms with Crippen molar-refractivity contribution in [2.45, 2.75) is 50.1 Å². The van der Waals surface area contributed by atoms with Gasteiger partial charge < -0.3 is 20.3 Å². The second kappa shape index (κ2) is 7.79. The molecule has 0 spiro atoms. The van der Waals surface area contributed by atoms with Gasteiger partial charge in [0.05, 0.1) is 18.4 Å². The zero-order chi connectivity index (χ0) is 17.9. The summed E-state index contributed by atoms with van der Waals surface area (Å²) in [5.41, 5.74) is 1.66. The van der Waals surface area contributed by atoms with E-state index in [9.17, 15) is 10.2 Å². The Kier molecular flexibility index (Phi) is 5.26. The van der Waals surface area contributed by atoms with Crippen LogP contribution in [-0.4, -0.2) is 67.7 Å². The van der Waals surface area contributed by atoms with E-state index in [4.69, 9.17) is 4.74 Å². The van der Waals surface area contributed by atoms with Gasteiger partial charge in [-0.25, -0.2) is 0 Å². The number of pyridine rings is 1. The summed E-state index contributed by atoms with van der Waals surface area (Å²) in [5.74, 6) is -0.0641. The quantitative estimate of drug-likeness (QED) is 0.701. The number of aliphatic hydroxyl groups is 2. The number of nitrogens with zero attached hydrogens (tertiary/aromatic N) is 4. The molecule has 0 amide bonds. The van der Waals surface area contributed by atoms with Crippen molar-refractivity contribution in [2.75, 3.05) is 13.2 Å². The van der Waals surface area contributed by atoms with E-state index in [0.29, 0.717) is 19.0 Å². The van der Waals surface area contributed by atoms with Crippen molar-refractivity contribution in [3.05, 3.63) is 30.7 Å². The lowest BCUT2D eigenvalue weighted by molar-refractivity contribution is 0.00271. The highest BCUT2D eigenvalue weighted by Gasteiger charge is 2.42. The normalized spacial score (nSPS) is 29.9. The number of hydrogen-bond acceptors (Lipinski definition) is 7. The predicted molar refractivity (Wildman–Crippen MR) is 94.1 cm³/mol. The molecule has 140 valence electrons. The molecule has 4 rings (SSSR count). The first-order chi connectivity index (χ1) is 12.7. The highest BCUT2D eigenvalue weighted by Crippen LogP contribution is 2.29. The Morgan fingerprint density at radius 2 is 2.08 bits per heavy atom. The maximum atomic E-state index is 10.5. The average molecular weight is 359 g/mol. The summed E-state index contributed by atoms with van der Waals surface area (Å²) in [6, 6.07) is 4.04. The lowest BCUT2D eigenvalue weighted by Crippen LogP contribution is -2.47. The van der Waals surface area contributed by atoms with Crippen LogP contribution < -0.4 is 5.32 Å². The fourth-order valence-electron chi connectivity index (χ4n) is 3.91. The molecule has 8 heteroatoms. The summed E-state index contributed by atoms with van der Waals surface area (Å²) in [7, 11) is 0. The maximum absolute atomic E-state index is 10.5. The Morgan fingerprint density at radius 1 is 1.23 bits per heavy atom. The molecule has 3 N–H and O–H groups in total. The van der Waals surface area contributed by atoms with Gasteiger partial charge in [-0.2, -0.15) is 0 Å². The molecule has 1 aliphatic heterocycles. The van der Waals surface area contributed by atoms with Crippen LogP contribution >= 0.6 is 0 Å². The van der Waals surface area contributed by atoms with Crippen molar-refractivity contribution >= 4 is 0 Å². The molecule has 26 heavy (non-hydrogen) atoms. The number of aliphatic hydroxyl groups excluding tert-OH is 2. The van der Waals surface area contributed by atoms with Crippen molar-refractivity contribution in [3.8, 4) is 11.3 Å². The van der Waals surface area contributed by atoms with Crippen molar-refractivity contribution in [1.29, 1.82) is 0 Å². The Balaban J connectivity index is 1.38. The molecule has 0 aromatic carbocycles. The summed E-state index contributed by atoms with van der Waals surface area (Å²) in [6.45, 7) is 2.03. The zero-order valence-corrected chi connectivity index (χ0v) is 14.6. The summed E-state index contributed by atoms with van der Waals surface area (Å²) in [6.07, 6.45) is 6.40. The third-order valence-corrected chi connectivity index (χ3v) is 5.39. The van der Waals surface area contributed by atoms with Gasteiger partial charge in [0, 0.05) is 55.7 Å². The van der Waals surface area contributed by atoms with Crippen molar-refractivity contribution < 1.29 is 14.9 Å². The van der Waals surface area contributed by atoms with Gasteiger partial charge >= 0.3 is 0 Å². The lowest BCUT2D eigenvalue weighted by atomic mass is 10.1. The van der Waals surface area contributed by atoms with E-state index in [1.165, 1.54) is 0 Å². The smallest absolute Gasteiger partial charge is 0.114 e. The largest absolute Gasteiger partial charge is 0.390 e. The summed E-state index contributed by atoms with van der Waals surface area (Å²) in [5, 5.41) is 32.7. The number of nitrogens with one attached hydrogen (secondary N) is 1. The molecule has 1 aliphatic carbocycles. The summed E-state index contributed by atoms with van der Waals surface area (Å²) in [4.78, 5) is 4.09. The van der Waals surface area contributed by atoms with Crippen LogP contribution in [0.4, 0.5) is 0 Å². The lowest BCUT2D eigenvalue weighted by Gasteiger charge is -2.28. The molecule has 1 saturated heterocycles. The van der Waals surface area contributed by atoms with Crippen LogP contribution in [0, 0.1) is 5.92 Å². The van der Waals surface area contributed by atoms with Gasteiger partial charge in [0.2, 0.25) is 0 Å². The molecule has 1 saturated carbocycles. The first kappa shape index (κ1) is 17.5. The van der Waals surface area contributed by atoms with E-state index in [0.717, 1.165) is 37.3 Å². The minimum Gasteiger partial charge on any atom is -0.390 e. The van der Waals surface area contributed by atoms with Crippen LogP contribution in [0.15, 0.2) is 30.7 Å². The number of aromatic nitrogens is 4. The van der Waals surface area contributed by atoms with E-state index >= 15 is 0 Å². The van der Waals surface area contributed by atoms with Gasteiger partial charge in [0.15, 0.2) is 0 Å². The molecule has 2 aliphatic rings. The first-order valence-electron chi connectivity index (χ1n) is 9.21. The highest BCUT2D eigenvalue weighted by atomic mass is 16.5. The molecule has 4 atom stereocenters. The molecule has 8 nitrogen and oxygen atoms in total.